The van der Waals surface area contributed by atoms with E-state index in [1.54, 1.807) is 0 Å². The predicted octanol–water partition coefficient (Wildman–Crippen LogP) is 1.46. The van der Waals surface area contributed by atoms with Crippen LogP contribution < -0.4 is 5.32 Å². The number of amides is 2. The molecule has 1 atom stereocenters. The van der Waals surface area contributed by atoms with Crippen molar-refractivity contribution in [1.29, 1.82) is 0 Å². The lowest BCUT2D eigenvalue weighted by molar-refractivity contribution is -0.138. The maximum atomic E-state index is 11.9. The molecule has 1 aliphatic heterocycles. The molecule has 0 saturated carbocycles. The highest BCUT2D eigenvalue weighted by atomic mass is 19.4. The van der Waals surface area contributed by atoms with Gasteiger partial charge in [-0.3, -0.25) is 14.5 Å². The first-order chi connectivity index (χ1) is 8.35. The third-order valence-electron chi connectivity index (χ3n) is 2.72. The number of rotatable bonds is 6. The average Bonchev–Trinajstić information content (AvgIpc) is 2.51. The largest absolute Gasteiger partial charge is 0.389 e. The summed E-state index contributed by atoms with van der Waals surface area (Å²) in [6, 6.07) is -0.655. The summed E-state index contributed by atoms with van der Waals surface area (Å²) < 4.78 is 35.7. The molecule has 1 fully saturated rings. The van der Waals surface area contributed by atoms with Gasteiger partial charge in [0.15, 0.2) is 0 Å². The van der Waals surface area contributed by atoms with Gasteiger partial charge in [0.05, 0.1) is 12.5 Å². The van der Waals surface area contributed by atoms with Crippen LogP contribution in [0.2, 0.25) is 0 Å². The summed E-state index contributed by atoms with van der Waals surface area (Å²) in [6.07, 6.45) is -4.42. The number of alkyl halides is 3. The molecular weight excluding hydrogens is 249 g/mol. The fourth-order valence-electron chi connectivity index (χ4n) is 1.87. The minimum atomic E-state index is -4.18. The van der Waals surface area contributed by atoms with Gasteiger partial charge in [-0.25, -0.2) is 0 Å². The second-order valence-corrected chi connectivity index (χ2v) is 4.31. The third-order valence-corrected chi connectivity index (χ3v) is 2.72. The van der Waals surface area contributed by atoms with Crippen molar-refractivity contribution in [2.24, 2.45) is 0 Å². The monoisotopic (exact) mass is 266 g/mol. The van der Waals surface area contributed by atoms with E-state index in [-0.39, 0.29) is 31.2 Å². The van der Waals surface area contributed by atoms with Gasteiger partial charge in [0.25, 0.3) is 0 Å². The Kier molecular flexibility index (Phi) is 5.13. The average molecular weight is 266 g/mol. The van der Waals surface area contributed by atoms with E-state index >= 15 is 0 Å². The van der Waals surface area contributed by atoms with Crippen molar-refractivity contribution in [1.82, 2.24) is 10.2 Å². The van der Waals surface area contributed by atoms with Crippen molar-refractivity contribution >= 4 is 11.8 Å². The van der Waals surface area contributed by atoms with Crippen LogP contribution in [0, 0.1) is 0 Å². The summed E-state index contributed by atoms with van der Waals surface area (Å²) >= 11 is 0. The second kappa shape index (κ2) is 6.17. The number of nitrogens with zero attached hydrogens (tertiary/aromatic N) is 1. The Labute approximate surface area is 104 Å². The quantitative estimate of drug-likeness (QED) is 0.585. The summed E-state index contributed by atoms with van der Waals surface area (Å²) in [5.74, 6) is -0.580. The van der Waals surface area contributed by atoms with E-state index in [9.17, 15) is 22.8 Å². The first kappa shape index (κ1) is 14.9. The summed E-state index contributed by atoms with van der Waals surface area (Å²) in [5, 5.41) is 2.71. The topological polar surface area (TPSA) is 49.4 Å². The van der Waals surface area contributed by atoms with Crippen LogP contribution in [-0.4, -0.2) is 42.0 Å². The molecule has 7 heteroatoms. The number of carbonyl (C=O) groups is 2. The SMILES string of the molecule is CCCN1C(=O)CC(NCCCC(F)(F)F)C1=O. The molecule has 0 bridgehead atoms. The van der Waals surface area contributed by atoms with Crippen LogP contribution in [-0.2, 0) is 9.59 Å². The number of hydrogen-bond acceptors (Lipinski definition) is 3. The smallest absolute Gasteiger partial charge is 0.305 e. The van der Waals surface area contributed by atoms with Crippen LogP contribution in [0.3, 0.4) is 0 Å². The summed E-state index contributed by atoms with van der Waals surface area (Å²) in [7, 11) is 0. The highest BCUT2D eigenvalue weighted by Gasteiger charge is 2.37. The Morgan fingerprint density at radius 1 is 1.39 bits per heavy atom. The number of likely N-dealkylation sites (tertiary alicyclic amines) is 1. The zero-order chi connectivity index (χ0) is 13.8. The molecule has 0 aromatic rings. The second-order valence-electron chi connectivity index (χ2n) is 4.31. The number of imide groups is 1. The molecule has 18 heavy (non-hydrogen) atoms. The van der Waals surface area contributed by atoms with Crippen molar-refractivity contribution in [2.45, 2.75) is 44.8 Å². The maximum Gasteiger partial charge on any atom is 0.389 e. The standard InChI is InChI=1S/C11H17F3N2O2/c1-2-6-16-9(17)7-8(10(16)18)15-5-3-4-11(12,13)14/h8,15H,2-7H2,1H3. The number of hydrogen-bond donors (Lipinski definition) is 1. The zero-order valence-electron chi connectivity index (χ0n) is 10.2. The van der Waals surface area contributed by atoms with Crippen molar-refractivity contribution in [3.63, 3.8) is 0 Å². The molecule has 1 aliphatic rings. The molecule has 2 amide bonds. The van der Waals surface area contributed by atoms with Gasteiger partial charge in [-0.05, 0) is 19.4 Å². The lowest BCUT2D eigenvalue weighted by atomic mass is 10.2. The van der Waals surface area contributed by atoms with Crippen LogP contribution in [0.1, 0.15) is 32.6 Å². The van der Waals surface area contributed by atoms with E-state index in [0.717, 1.165) is 0 Å². The van der Waals surface area contributed by atoms with Crippen LogP contribution in [0.25, 0.3) is 0 Å². The number of nitrogens with one attached hydrogen (secondary N) is 1. The third kappa shape index (κ3) is 4.29. The molecule has 104 valence electrons. The summed E-state index contributed by atoms with van der Waals surface area (Å²) in [6.45, 7) is 2.31. The molecule has 1 N–H and O–H groups in total. The molecule has 4 nitrogen and oxygen atoms in total. The van der Waals surface area contributed by atoms with Crippen LogP contribution in [0.15, 0.2) is 0 Å². The van der Waals surface area contributed by atoms with Crippen molar-refractivity contribution in [3.8, 4) is 0 Å². The van der Waals surface area contributed by atoms with E-state index in [1.165, 1.54) is 4.90 Å². The molecule has 1 heterocycles. The van der Waals surface area contributed by atoms with E-state index in [2.05, 4.69) is 5.32 Å². The van der Waals surface area contributed by atoms with Gasteiger partial charge in [0, 0.05) is 13.0 Å². The zero-order valence-corrected chi connectivity index (χ0v) is 10.2. The van der Waals surface area contributed by atoms with Crippen LogP contribution in [0.5, 0.6) is 0 Å². The highest BCUT2D eigenvalue weighted by molar-refractivity contribution is 6.05. The summed E-state index contributed by atoms with van der Waals surface area (Å²) in [4.78, 5) is 24.3. The first-order valence-electron chi connectivity index (χ1n) is 5.99. The fourth-order valence-corrected chi connectivity index (χ4v) is 1.87. The molecule has 1 unspecified atom stereocenters. The highest BCUT2D eigenvalue weighted by Crippen LogP contribution is 2.21. The van der Waals surface area contributed by atoms with Crippen molar-refractivity contribution < 1.29 is 22.8 Å². The minimum absolute atomic E-state index is 0.0465. The van der Waals surface area contributed by atoms with E-state index in [0.29, 0.717) is 13.0 Å². The molecular formula is C11H17F3N2O2. The lowest BCUT2D eigenvalue weighted by Crippen LogP contribution is -2.39. The van der Waals surface area contributed by atoms with E-state index < -0.39 is 18.6 Å². The normalized spacial score (nSPS) is 20.9. The Hall–Kier alpha value is -1.11. The van der Waals surface area contributed by atoms with Gasteiger partial charge >= 0.3 is 6.18 Å². The van der Waals surface area contributed by atoms with Crippen molar-refractivity contribution in [3.05, 3.63) is 0 Å². The molecule has 0 aromatic heterocycles. The molecule has 0 aliphatic carbocycles. The molecule has 0 spiro atoms. The molecule has 1 rings (SSSR count). The Balaban J connectivity index is 2.32. The number of carbonyl (C=O) groups excluding carboxylic acids is 2. The van der Waals surface area contributed by atoms with Gasteiger partial charge in [-0.2, -0.15) is 13.2 Å². The fraction of sp³-hybridized carbons (Fsp3) is 0.818. The maximum absolute atomic E-state index is 11.9. The van der Waals surface area contributed by atoms with Gasteiger partial charge in [-0.15, -0.1) is 0 Å². The van der Waals surface area contributed by atoms with Gasteiger partial charge in [0.2, 0.25) is 11.8 Å². The Bertz CT molecular complexity index is 318. The van der Waals surface area contributed by atoms with Crippen LogP contribution >= 0.6 is 0 Å². The Morgan fingerprint density at radius 2 is 2.06 bits per heavy atom. The molecule has 1 saturated heterocycles. The van der Waals surface area contributed by atoms with Gasteiger partial charge in [0.1, 0.15) is 0 Å². The molecule has 0 aromatic carbocycles. The van der Waals surface area contributed by atoms with Gasteiger partial charge < -0.3 is 5.32 Å². The first-order valence-corrected chi connectivity index (χ1v) is 5.99. The van der Waals surface area contributed by atoms with Crippen molar-refractivity contribution in [2.75, 3.05) is 13.1 Å². The van der Waals surface area contributed by atoms with Crippen LogP contribution in [0.4, 0.5) is 13.2 Å². The Morgan fingerprint density at radius 3 is 2.61 bits per heavy atom. The minimum Gasteiger partial charge on any atom is -0.305 e. The van der Waals surface area contributed by atoms with Gasteiger partial charge in [-0.1, -0.05) is 6.92 Å². The number of halogens is 3. The van der Waals surface area contributed by atoms with E-state index in [1.807, 2.05) is 6.92 Å². The van der Waals surface area contributed by atoms with E-state index in [4.69, 9.17) is 0 Å². The predicted molar refractivity (Wildman–Crippen MR) is 58.7 cm³/mol. The summed E-state index contributed by atoms with van der Waals surface area (Å²) in [5.41, 5.74) is 0. The lowest BCUT2D eigenvalue weighted by Gasteiger charge is -2.14. The molecule has 0 radical (unpaired) electrons.